The van der Waals surface area contributed by atoms with Crippen LogP contribution < -0.4 is 39.8 Å². The van der Waals surface area contributed by atoms with Crippen LogP contribution in [-0.4, -0.2) is 19.0 Å². The molecule has 1 fully saturated rings. The molecule has 2 aliphatic rings. The molecular weight excluding hydrogens is 366 g/mol. The van der Waals surface area contributed by atoms with Gasteiger partial charge in [-0.3, -0.25) is 4.79 Å². The van der Waals surface area contributed by atoms with E-state index in [4.69, 9.17) is 23.2 Å². The third-order valence-electron chi connectivity index (χ3n) is 4.57. The molecule has 0 unspecified atom stereocenters. The number of fused-ring (bicyclic) bond motifs is 1. The molecule has 0 bridgehead atoms. The third kappa shape index (κ3) is 3.49. The molecule has 1 N–H and O–H groups in total. The van der Waals surface area contributed by atoms with Crippen LogP contribution in [-0.2, 0) is 4.79 Å². The zero-order valence-electron chi connectivity index (χ0n) is 15.0. The average molecular weight is 383 g/mol. The van der Waals surface area contributed by atoms with Crippen LogP contribution in [0.2, 0.25) is 10.0 Å². The Morgan fingerprint density at radius 2 is 1.80 bits per heavy atom. The maximum Gasteiger partial charge on any atom is 1.00 e. The molecule has 2 heterocycles. The molecule has 25 heavy (non-hydrogen) atoms. The summed E-state index contributed by atoms with van der Waals surface area (Å²) in [6.45, 7) is 1.48. The van der Waals surface area contributed by atoms with E-state index < -0.39 is 0 Å². The standard InChI is InChI=1S/C19H16Cl2N2O.Na.H/c20-12-10-16(21)18-14(6-8-22-17(18)11-12)15-7-9-23(19(15)24)13-4-2-1-3-5-13;;/h1-5,10-11,22H,6-9H2;;/q;+1;-1. The number of carbonyl (C=O) groups is 1. The second-order valence-electron chi connectivity index (χ2n) is 5.99. The van der Waals surface area contributed by atoms with Crippen molar-refractivity contribution in [2.24, 2.45) is 0 Å². The second-order valence-corrected chi connectivity index (χ2v) is 6.83. The molecule has 2 aromatic carbocycles. The molecule has 0 spiro atoms. The van der Waals surface area contributed by atoms with Gasteiger partial charge < -0.3 is 11.6 Å². The van der Waals surface area contributed by atoms with Crippen LogP contribution in [0.5, 0.6) is 0 Å². The van der Waals surface area contributed by atoms with Crippen molar-refractivity contribution < 1.29 is 35.8 Å². The number of amides is 1. The second kappa shape index (κ2) is 7.73. The van der Waals surface area contributed by atoms with Crippen molar-refractivity contribution in [1.82, 2.24) is 0 Å². The Morgan fingerprint density at radius 1 is 1.04 bits per heavy atom. The van der Waals surface area contributed by atoms with E-state index in [9.17, 15) is 4.79 Å². The van der Waals surface area contributed by atoms with Crippen LogP contribution in [0.1, 0.15) is 19.8 Å². The number of hydrogen-bond acceptors (Lipinski definition) is 2. The molecule has 1 amide bonds. The normalized spacial score (nSPS) is 19.3. The van der Waals surface area contributed by atoms with Gasteiger partial charge in [0.1, 0.15) is 0 Å². The monoisotopic (exact) mass is 382 g/mol. The van der Waals surface area contributed by atoms with Gasteiger partial charge in [0.25, 0.3) is 5.91 Å². The Balaban J connectivity index is 0.00000121. The number of halogens is 2. The van der Waals surface area contributed by atoms with Crippen molar-refractivity contribution >= 4 is 46.1 Å². The van der Waals surface area contributed by atoms with Crippen molar-refractivity contribution in [3.05, 3.63) is 63.6 Å². The van der Waals surface area contributed by atoms with Crippen molar-refractivity contribution in [3.63, 3.8) is 0 Å². The topological polar surface area (TPSA) is 32.3 Å². The molecule has 0 atom stereocenters. The van der Waals surface area contributed by atoms with Gasteiger partial charge in [0, 0.05) is 40.6 Å². The fraction of sp³-hybridized carbons (Fsp3) is 0.211. The predicted octanol–water partition coefficient (Wildman–Crippen LogP) is 2.12. The summed E-state index contributed by atoms with van der Waals surface area (Å²) in [6.07, 6.45) is 1.53. The molecule has 1 saturated heterocycles. The van der Waals surface area contributed by atoms with Gasteiger partial charge in [-0.05, 0) is 42.7 Å². The van der Waals surface area contributed by atoms with Crippen LogP contribution in [0, 0.1) is 0 Å². The maximum absolute atomic E-state index is 13.0. The van der Waals surface area contributed by atoms with Crippen LogP contribution in [0.4, 0.5) is 11.4 Å². The summed E-state index contributed by atoms with van der Waals surface area (Å²) in [4.78, 5) is 14.8. The van der Waals surface area contributed by atoms with E-state index in [0.717, 1.165) is 47.5 Å². The van der Waals surface area contributed by atoms with Gasteiger partial charge in [-0.1, -0.05) is 41.4 Å². The minimum absolute atomic E-state index is 0. The number of carbonyl (C=O) groups excluding carboxylic acids is 1. The van der Waals surface area contributed by atoms with E-state index in [1.165, 1.54) is 0 Å². The smallest absolute Gasteiger partial charge is 1.00 e. The van der Waals surface area contributed by atoms with Crippen molar-refractivity contribution in [2.45, 2.75) is 12.8 Å². The van der Waals surface area contributed by atoms with E-state index in [2.05, 4.69) is 5.32 Å². The molecule has 2 aromatic rings. The van der Waals surface area contributed by atoms with Crippen LogP contribution in [0.25, 0.3) is 5.57 Å². The molecule has 0 aliphatic carbocycles. The summed E-state index contributed by atoms with van der Waals surface area (Å²) in [7, 11) is 0. The molecule has 4 rings (SSSR count). The first-order chi connectivity index (χ1) is 11.6. The fourth-order valence-corrected chi connectivity index (χ4v) is 4.11. The summed E-state index contributed by atoms with van der Waals surface area (Å²) in [5.41, 5.74) is 4.69. The Kier molecular flexibility index (Phi) is 5.81. The molecular formula is C19H17Cl2N2NaO. The zero-order chi connectivity index (χ0) is 16.7. The van der Waals surface area contributed by atoms with Crippen LogP contribution in [0.3, 0.4) is 0 Å². The molecule has 6 heteroatoms. The number of rotatable bonds is 1. The third-order valence-corrected chi connectivity index (χ3v) is 5.08. The molecule has 3 nitrogen and oxygen atoms in total. The maximum atomic E-state index is 13.0. The van der Waals surface area contributed by atoms with Gasteiger partial charge >= 0.3 is 29.6 Å². The first-order valence-corrected chi connectivity index (χ1v) is 8.73. The van der Waals surface area contributed by atoms with Crippen molar-refractivity contribution in [1.29, 1.82) is 0 Å². The number of hydrogen-bond donors (Lipinski definition) is 1. The quantitative estimate of drug-likeness (QED) is 0.605. The summed E-state index contributed by atoms with van der Waals surface area (Å²) < 4.78 is 0. The number of nitrogens with one attached hydrogen (secondary N) is 1. The van der Waals surface area contributed by atoms with Gasteiger partial charge in [-0.25, -0.2) is 0 Å². The number of para-hydroxylation sites is 1. The van der Waals surface area contributed by atoms with Gasteiger partial charge in [0.2, 0.25) is 0 Å². The van der Waals surface area contributed by atoms with Crippen molar-refractivity contribution in [3.8, 4) is 0 Å². The Morgan fingerprint density at radius 3 is 2.56 bits per heavy atom. The number of anilines is 2. The van der Waals surface area contributed by atoms with E-state index in [0.29, 0.717) is 16.6 Å². The first-order valence-electron chi connectivity index (χ1n) is 7.97. The molecule has 124 valence electrons. The summed E-state index contributed by atoms with van der Waals surface area (Å²) >= 11 is 12.5. The summed E-state index contributed by atoms with van der Waals surface area (Å²) in [5, 5.41) is 4.52. The zero-order valence-corrected chi connectivity index (χ0v) is 17.5. The SMILES string of the molecule is O=C1C(=C2CCNc3cc(Cl)cc(Cl)c32)CCN1c1ccccc1.[H-].[Na+]. The minimum Gasteiger partial charge on any atom is -1.00 e. The molecule has 0 saturated carbocycles. The van der Waals surface area contributed by atoms with Crippen molar-refractivity contribution in [2.75, 3.05) is 23.3 Å². The van der Waals surface area contributed by atoms with Gasteiger partial charge in [0.15, 0.2) is 0 Å². The molecule has 0 radical (unpaired) electrons. The Labute approximate surface area is 180 Å². The van der Waals surface area contributed by atoms with Crippen LogP contribution >= 0.6 is 23.2 Å². The minimum atomic E-state index is 0. The average Bonchev–Trinajstić information content (AvgIpc) is 2.96. The van der Waals surface area contributed by atoms with Gasteiger partial charge in [0.05, 0.1) is 5.02 Å². The van der Waals surface area contributed by atoms with E-state index in [1.54, 1.807) is 6.07 Å². The van der Waals surface area contributed by atoms with Crippen LogP contribution in [0.15, 0.2) is 48.0 Å². The summed E-state index contributed by atoms with van der Waals surface area (Å²) in [5.74, 6) is 0.0788. The Bertz CT molecular complexity index is 858. The van der Waals surface area contributed by atoms with Gasteiger partial charge in [-0.2, -0.15) is 0 Å². The van der Waals surface area contributed by atoms with Gasteiger partial charge in [-0.15, -0.1) is 0 Å². The fourth-order valence-electron chi connectivity index (χ4n) is 3.50. The van der Waals surface area contributed by atoms with E-state index in [1.807, 2.05) is 41.3 Å². The van der Waals surface area contributed by atoms with E-state index >= 15 is 0 Å². The summed E-state index contributed by atoms with van der Waals surface area (Å²) in [6, 6.07) is 13.4. The Hall–Kier alpha value is -0.970. The first kappa shape index (κ1) is 18.8. The van der Waals surface area contributed by atoms with E-state index in [-0.39, 0.29) is 36.9 Å². The molecule has 2 aliphatic heterocycles. The predicted molar refractivity (Wildman–Crippen MR) is 101 cm³/mol. The largest absolute Gasteiger partial charge is 1.00 e. The molecule has 0 aromatic heterocycles. The number of benzene rings is 2. The number of nitrogens with zero attached hydrogens (tertiary/aromatic N) is 1.